The first-order valence-electron chi connectivity index (χ1n) is 6.54. The maximum absolute atomic E-state index is 13.5. The Kier molecular flexibility index (Phi) is 4.93. The number of sulfone groups is 1. The summed E-state index contributed by atoms with van der Waals surface area (Å²) in [5.41, 5.74) is -0.906. The fourth-order valence-electron chi connectivity index (χ4n) is 1.89. The van der Waals surface area contributed by atoms with Crippen molar-refractivity contribution in [3.63, 3.8) is 0 Å². The molecule has 0 heterocycles. The predicted octanol–water partition coefficient (Wildman–Crippen LogP) is 3.26. The van der Waals surface area contributed by atoms with E-state index in [1.807, 2.05) is 0 Å². The van der Waals surface area contributed by atoms with E-state index < -0.39 is 43.9 Å². The summed E-state index contributed by atoms with van der Waals surface area (Å²) in [6.07, 6.45) is -4.52. The van der Waals surface area contributed by atoms with Gasteiger partial charge in [-0.3, -0.25) is 4.79 Å². The van der Waals surface area contributed by atoms with E-state index in [4.69, 9.17) is 0 Å². The zero-order valence-electron chi connectivity index (χ0n) is 12.0. The molecule has 0 saturated heterocycles. The highest BCUT2D eigenvalue weighted by Crippen LogP contribution is 2.29. The van der Waals surface area contributed by atoms with Gasteiger partial charge in [-0.15, -0.1) is 0 Å². The Morgan fingerprint density at radius 2 is 1.58 bits per heavy atom. The van der Waals surface area contributed by atoms with Gasteiger partial charge in [0.05, 0.1) is 5.56 Å². The second kappa shape index (κ2) is 6.60. The molecule has 0 aliphatic carbocycles. The monoisotopic (exact) mass is 361 g/mol. The number of carbonyl (C=O) groups excluding carboxylic acids is 1. The largest absolute Gasteiger partial charge is 0.416 e. The summed E-state index contributed by atoms with van der Waals surface area (Å²) in [4.78, 5) is 11.1. The Labute approximate surface area is 135 Å². The Morgan fingerprint density at radius 3 is 2.12 bits per heavy atom. The number of amides is 1. The van der Waals surface area contributed by atoms with Gasteiger partial charge in [0.25, 0.3) is 0 Å². The molecule has 0 aromatic heterocycles. The number of anilines is 1. The van der Waals surface area contributed by atoms with Gasteiger partial charge in [0.2, 0.25) is 5.91 Å². The standard InChI is InChI=1S/C15H11F4NO3S/c16-12-3-1-2-4-13(12)24(22,23)9-14(21)20-11-7-5-10(6-8-11)15(17,18)19/h1-8H,9H2,(H,20,21). The minimum atomic E-state index is -4.52. The normalized spacial score (nSPS) is 12.0. The molecule has 0 atom stereocenters. The molecule has 1 N–H and O–H groups in total. The van der Waals surface area contributed by atoms with Crippen molar-refractivity contribution in [1.29, 1.82) is 0 Å². The van der Waals surface area contributed by atoms with Crippen molar-refractivity contribution in [3.05, 3.63) is 59.9 Å². The summed E-state index contributed by atoms with van der Waals surface area (Å²) in [5, 5.41) is 2.16. The lowest BCUT2D eigenvalue weighted by Crippen LogP contribution is -2.23. The van der Waals surface area contributed by atoms with Crippen LogP contribution in [0.25, 0.3) is 0 Å². The molecule has 1 amide bonds. The Morgan fingerprint density at radius 1 is 1.00 bits per heavy atom. The van der Waals surface area contributed by atoms with Crippen molar-refractivity contribution >= 4 is 21.4 Å². The molecule has 0 spiro atoms. The van der Waals surface area contributed by atoms with E-state index in [2.05, 4.69) is 5.32 Å². The van der Waals surface area contributed by atoms with E-state index in [0.717, 1.165) is 36.4 Å². The van der Waals surface area contributed by atoms with Crippen LogP contribution in [-0.4, -0.2) is 20.1 Å². The number of benzene rings is 2. The summed E-state index contributed by atoms with van der Waals surface area (Å²) in [5.74, 6) is -3.01. The number of nitrogens with one attached hydrogen (secondary N) is 1. The zero-order valence-corrected chi connectivity index (χ0v) is 12.8. The SMILES string of the molecule is O=C(CS(=O)(=O)c1ccccc1F)Nc1ccc(C(F)(F)F)cc1. The number of halogens is 4. The Balaban J connectivity index is 2.09. The van der Waals surface area contributed by atoms with Crippen LogP contribution in [0.3, 0.4) is 0 Å². The molecule has 0 fully saturated rings. The molecule has 9 heteroatoms. The van der Waals surface area contributed by atoms with Gasteiger partial charge in [-0.2, -0.15) is 13.2 Å². The van der Waals surface area contributed by atoms with Crippen molar-refractivity contribution in [2.24, 2.45) is 0 Å². The number of carbonyl (C=O) groups is 1. The summed E-state index contributed by atoms with van der Waals surface area (Å²) in [6, 6.07) is 8.08. The third kappa shape index (κ3) is 4.31. The predicted molar refractivity (Wildman–Crippen MR) is 78.5 cm³/mol. The third-order valence-corrected chi connectivity index (χ3v) is 4.63. The van der Waals surface area contributed by atoms with E-state index >= 15 is 0 Å². The van der Waals surface area contributed by atoms with Gasteiger partial charge in [0.1, 0.15) is 16.5 Å². The van der Waals surface area contributed by atoms with Gasteiger partial charge < -0.3 is 5.32 Å². The maximum atomic E-state index is 13.5. The second-order valence-corrected chi connectivity index (χ2v) is 6.77. The highest BCUT2D eigenvalue weighted by Gasteiger charge is 2.30. The van der Waals surface area contributed by atoms with Gasteiger partial charge >= 0.3 is 6.18 Å². The van der Waals surface area contributed by atoms with Crippen LogP contribution in [0.15, 0.2) is 53.4 Å². The first-order chi connectivity index (χ1) is 11.1. The first kappa shape index (κ1) is 17.9. The molecule has 24 heavy (non-hydrogen) atoms. The lowest BCUT2D eigenvalue weighted by molar-refractivity contribution is -0.137. The Bertz CT molecular complexity index is 846. The van der Waals surface area contributed by atoms with Crippen LogP contribution in [0, 0.1) is 5.82 Å². The van der Waals surface area contributed by atoms with Gasteiger partial charge in [-0.1, -0.05) is 12.1 Å². The molecule has 0 aliphatic rings. The number of rotatable bonds is 4. The molecular weight excluding hydrogens is 350 g/mol. The average Bonchev–Trinajstić information content (AvgIpc) is 2.46. The number of hydrogen-bond acceptors (Lipinski definition) is 3. The van der Waals surface area contributed by atoms with Gasteiger partial charge in [0, 0.05) is 5.69 Å². The van der Waals surface area contributed by atoms with E-state index in [-0.39, 0.29) is 5.69 Å². The molecule has 2 rings (SSSR count). The van der Waals surface area contributed by atoms with Crippen molar-refractivity contribution in [1.82, 2.24) is 0 Å². The average molecular weight is 361 g/mol. The minimum absolute atomic E-state index is 0.00302. The van der Waals surface area contributed by atoms with Crippen molar-refractivity contribution in [2.45, 2.75) is 11.1 Å². The number of hydrogen-bond donors (Lipinski definition) is 1. The Hall–Kier alpha value is -2.42. The van der Waals surface area contributed by atoms with Crippen molar-refractivity contribution in [2.75, 3.05) is 11.1 Å². The fourth-order valence-corrected chi connectivity index (χ4v) is 3.11. The molecule has 128 valence electrons. The molecule has 2 aromatic carbocycles. The maximum Gasteiger partial charge on any atom is 0.416 e. The van der Waals surface area contributed by atoms with E-state index in [1.165, 1.54) is 12.1 Å². The second-order valence-electron chi connectivity index (χ2n) is 4.81. The van der Waals surface area contributed by atoms with E-state index in [9.17, 15) is 30.8 Å². The van der Waals surface area contributed by atoms with E-state index in [1.54, 1.807) is 0 Å². The van der Waals surface area contributed by atoms with Crippen LogP contribution in [0.2, 0.25) is 0 Å². The molecule has 2 aromatic rings. The summed E-state index contributed by atoms with van der Waals surface area (Å²) in [6.45, 7) is 0. The quantitative estimate of drug-likeness (QED) is 0.851. The first-order valence-corrected chi connectivity index (χ1v) is 8.19. The molecule has 0 unspecified atom stereocenters. The van der Waals surface area contributed by atoms with Gasteiger partial charge in [-0.25, -0.2) is 12.8 Å². The lowest BCUT2D eigenvalue weighted by atomic mass is 10.2. The van der Waals surface area contributed by atoms with Crippen LogP contribution < -0.4 is 5.32 Å². The lowest BCUT2D eigenvalue weighted by Gasteiger charge is -2.09. The molecule has 0 saturated carbocycles. The molecular formula is C15H11F4NO3S. The highest BCUT2D eigenvalue weighted by atomic mass is 32.2. The third-order valence-electron chi connectivity index (χ3n) is 2.99. The topological polar surface area (TPSA) is 63.2 Å². The van der Waals surface area contributed by atoms with Crippen molar-refractivity contribution in [3.8, 4) is 0 Å². The summed E-state index contributed by atoms with van der Waals surface area (Å²) < 4.78 is 74.8. The minimum Gasteiger partial charge on any atom is -0.325 e. The molecule has 0 aliphatic heterocycles. The van der Waals surface area contributed by atoms with Gasteiger partial charge in [0.15, 0.2) is 9.84 Å². The fraction of sp³-hybridized carbons (Fsp3) is 0.133. The number of alkyl halides is 3. The van der Waals surface area contributed by atoms with Crippen molar-refractivity contribution < 1.29 is 30.8 Å². The molecule has 4 nitrogen and oxygen atoms in total. The zero-order chi connectivity index (χ0) is 18.0. The van der Waals surface area contributed by atoms with Crippen LogP contribution in [0.4, 0.5) is 23.2 Å². The van der Waals surface area contributed by atoms with E-state index in [0.29, 0.717) is 0 Å². The van der Waals surface area contributed by atoms with Crippen LogP contribution >= 0.6 is 0 Å². The van der Waals surface area contributed by atoms with Crippen LogP contribution in [-0.2, 0) is 20.8 Å². The highest BCUT2D eigenvalue weighted by molar-refractivity contribution is 7.92. The summed E-state index contributed by atoms with van der Waals surface area (Å²) >= 11 is 0. The van der Waals surface area contributed by atoms with Gasteiger partial charge in [-0.05, 0) is 36.4 Å². The van der Waals surface area contributed by atoms with Crippen LogP contribution in [0.1, 0.15) is 5.56 Å². The molecule has 0 bridgehead atoms. The molecule has 0 radical (unpaired) electrons. The van der Waals surface area contributed by atoms with Crippen LogP contribution in [0.5, 0.6) is 0 Å². The smallest absolute Gasteiger partial charge is 0.325 e. The summed E-state index contributed by atoms with van der Waals surface area (Å²) in [7, 11) is -4.21.